The lowest BCUT2D eigenvalue weighted by Gasteiger charge is -2.37. The summed E-state index contributed by atoms with van der Waals surface area (Å²) in [6, 6.07) is 31.2. The van der Waals surface area contributed by atoms with Gasteiger partial charge in [-0.05, 0) is 16.7 Å². The summed E-state index contributed by atoms with van der Waals surface area (Å²) >= 11 is 0. The summed E-state index contributed by atoms with van der Waals surface area (Å²) in [5.41, 5.74) is 6.44. The number of hydroxylamine groups is 1. The fourth-order valence-corrected chi connectivity index (χ4v) is 4.19. The van der Waals surface area contributed by atoms with Crippen molar-refractivity contribution in [3.63, 3.8) is 0 Å². The molecule has 0 saturated carbocycles. The Kier molecular flexibility index (Phi) is 4.80. The van der Waals surface area contributed by atoms with E-state index in [-0.39, 0.29) is 12.0 Å². The Hall–Kier alpha value is -3.08. The van der Waals surface area contributed by atoms with Crippen molar-refractivity contribution < 1.29 is 14.3 Å². The maximum absolute atomic E-state index is 6.84. The molecule has 2 aliphatic rings. The molecule has 5 rings (SSSR count). The number of fused-ring (bicyclic) bond motifs is 1. The second-order valence-corrected chi connectivity index (χ2v) is 7.36. The van der Waals surface area contributed by atoms with Gasteiger partial charge in [-0.15, -0.1) is 0 Å². The summed E-state index contributed by atoms with van der Waals surface area (Å²) in [5.74, 6) is 0.176. The Morgan fingerprint density at radius 3 is 1.83 bits per heavy atom. The largest absolute Gasteiger partial charge is 0.493 e. The van der Waals surface area contributed by atoms with Gasteiger partial charge in [0.15, 0.2) is 0 Å². The maximum Gasteiger partial charge on any atom is 0.143 e. The van der Waals surface area contributed by atoms with Gasteiger partial charge in [-0.3, -0.25) is 10.3 Å². The molecule has 2 atom stereocenters. The van der Waals surface area contributed by atoms with Crippen molar-refractivity contribution in [2.45, 2.75) is 11.7 Å². The van der Waals surface area contributed by atoms with Gasteiger partial charge in [-0.1, -0.05) is 91.0 Å². The van der Waals surface area contributed by atoms with Crippen LogP contribution in [0, 0.1) is 5.92 Å². The van der Waals surface area contributed by atoms with Crippen molar-refractivity contribution in [2.24, 2.45) is 5.92 Å². The number of hydrogen-bond acceptors (Lipinski definition) is 4. The summed E-state index contributed by atoms with van der Waals surface area (Å²) < 4.78 is 12.7. The number of benzene rings is 3. The Morgan fingerprint density at radius 2 is 1.31 bits per heavy atom. The highest BCUT2D eigenvalue weighted by atomic mass is 16.7. The Balaban J connectivity index is 1.58. The molecule has 3 aromatic carbocycles. The molecule has 4 nitrogen and oxygen atoms in total. The predicted octanol–water partition coefficient (Wildman–Crippen LogP) is 4.39. The zero-order chi connectivity index (χ0) is 19.5. The monoisotopic (exact) mass is 385 g/mol. The third-order valence-corrected chi connectivity index (χ3v) is 5.68. The van der Waals surface area contributed by atoms with E-state index in [0.717, 1.165) is 22.4 Å². The van der Waals surface area contributed by atoms with E-state index in [0.29, 0.717) is 13.2 Å². The first kappa shape index (κ1) is 18.0. The molecule has 0 aromatic heterocycles. The first-order valence-electron chi connectivity index (χ1n) is 9.92. The Labute approximate surface area is 170 Å². The smallest absolute Gasteiger partial charge is 0.143 e. The van der Waals surface area contributed by atoms with Crippen LogP contribution in [0.2, 0.25) is 0 Å². The SMILES string of the molecule is C1=C2NOCC2C(COC(c2ccccc2)(c2ccccc2)c2ccccc2)O1. The molecule has 29 heavy (non-hydrogen) atoms. The van der Waals surface area contributed by atoms with E-state index in [2.05, 4.69) is 78.3 Å². The zero-order valence-electron chi connectivity index (χ0n) is 16.0. The van der Waals surface area contributed by atoms with Crippen LogP contribution >= 0.6 is 0 Å². The van der Waals surface area contributed by atoms with Crippen LogP contribution in [-0.2, 0) is 19.9 Å². The first-order chi connectivity index (χ1) is 14.4. The summed E-state index contributed by atoms with van der Waals surface area (Å²) in [5, 5.41) is 0. The van der Waals surface area contributed by atoms with Crippen LogP contribution in [0.3, 0.4) is 0 Å². The van der Waals surface area contributed by atoms with Crippen LogP contribution in [-0.4, -0.2) is 19.3 Å². The van der Waals surface area contributed by atoms with Crippen molar-refractivity contribution in [3.8, 4) is 0 Å². The minimum atomic E-state index is -0.733. The predicted molar refractivity (Wildman–Crippen MR) is 111 cm³/mol. The summed E-state index contributed by atoms with van der Waals surface area (Å²) in [7, 11) is 0. The fraction of sp³-hybridized carbons (Fsp3) is 0.200. The van der Waals surface area contributed by atoms with Crippen LogP contribution < -0.4 is 5.48 Å². The van der Waals surface area contributed by atoms with Gasteiger partial charge in [-0.25, -0.2) is 0 Å². The summed E-state index contributed by atoms with van der Waals surface area (Å²) in [6.45, 7) is 1.03. The molecular formula is C25H23NO3. The van der Waals surface area contributed by atoms with Gasteiger partial charge in [0.2, 0.25) is 0 Å². The van der Waals surface area contributed by atoms with E-state index >= 15 is 0 Å². The van der Waals surface area contributed by atoms with Crippen molar-refractivity contribution in [3.05, 3.63) is 120 Å². The lowest BCUT2D eigenvalue weighted by atomic mass is 9.80. The van der Waals surface area contributed by atoms with Gasteiger partial charge < -0.3 is 9.47 Å². The van der Waals surface area contributed by atoms with Crippen LogP contribution in [0.5, 0.6) is 0 Å². The van der Waals surface area contributed by atoms with Crippen molar-refractivity contribution in [1.29, 1.82) is 0 Å². The maximum atomic E-state index is 6.84. The third kappa shape index (κ3) is 3.20. The molecule has 1 N–H and O–H groups in total. The molecule has 0 bridgehead atoms. The number of hydrogen-bond donors (Lipinski definition) is 1. The molecule has 146 valence electrons. The number of nitrogens with one attached hydrogen (secondary N) is 1. The van der Waals surface area contributed by atoms with Gasteiger partial charge in [0.1, 0.15) is 18.0 Å². The minimum Gasteiger partial charge on any atom is -0.493 e. The molecule has 1 saturated heterocycles. The summed E-state index contributed by atoms with van der Waals surface area (Å²) in [6.07, 6.45) is 1.66. The second-order valence-electron chi connectivity index (χ2n) is 7.36. The molecule has 2 aliphatic heterocycles. The molecule has 4 heteroatoms. The highest BCUT2D eigenvalue weighted by Crippen LogP contribution is 2.41. The molecule has 2 heterocycles. The molecule has 2 unspecified atom stereocenters. The zero-order valence-corrected chi connectivity index (χ0v) is 16.0. The van der Waals surface area contributed by atoms with Crippen LogP contribution in [0.25, 0.3) is 0 Å². The van der Waals surface area contributed by atoms with Crippen LogP contribution in [0.4, 0.5) is 0 Å². The Morgan fingerprint density at radius 1 is 0.793 bits per heavy atom. The van der Waals surface area contributed by atoms with Gasteiger partial charge in [0.25, 0.3) is 0 Å². The highest BCUT2D eigenvalue weighted by molar-refractivity contribution is 5.47. The van der Waals surface area contributed by atoms with Crippen molar-refractivity contribution >= 4 is 0 Å². The highest BCUT2D eigenvalue weighted by Gasteiger charge is 2.42. The van der Waals surface area contributed by atoms with Gasteiger partial charge in [0.05, 0.1) is 24.8 Å². The number of ether oxygens (including phenoxy) is 2. The van der Waals surface area contributed by atoms with Gasteiger partial charge in [-0.2, -0.15) is 0 Å². The Bertz CT molecular complexity index is 876. The number of rotatable bonds is 6. The average Bonchev–Trinajstić information content (AvgIpc) is 3.41. The minimum absolute atomic E-state index is 0.0875. The first-order valence-corrected chi connectivity index (χ1v) is 9.92. The molecule has 0 aliphatic carbocycles. The molecule has 1 fully saturated rings. The standard InChI is InChI=1S/C25H23NO3/c1-4-10-19(11-5-1)25(20-12-6-2-7-13-20,21-14-8-3-9-15-21)28-18-24-22-16-29-26-23(22)17-27-24/h1-15,17,22,24,26H,16,18H2. The normalized spacial score (nSPS) is 20.5. The van der Waals surface area contributed by atoms with E-state index < -0.39 is 5.60 Å². The van der Waals surface area contributed by atoms with Gasteiger partial charge >= 0.3 is 0 Å². The van der Waals surface area contributed by atoms with Crippen molar-refractivity contribution in [1.82, 2.24) is 5.48 Å². The topological polar surface area (TPSA) is 39.7 Å². The third-order valence-electron chi connectivity index (χ3n) is 5.68. The van der Waals surface area contributed by atoms with Crippen molar-refractivity contribution in [2.75, 3.05) is 13.2 Å². The quantitative estimate of drug-likeness (QED) is 0.639. The summed E-state index contributed by atoms with van der Waals surface area (Å²) in [4.78, 5) is 5.37. The van der Waals surface area contributed by atoms with Gasteiger partial charge in [0, 0.05) is 0 Å². The molecule has 0 spiro atoms. The second kappa shape index (κ2) is 7.74. The van der Waals surface area contributed by atoms with Crippen LogP contribution in [0.1, 0.15) is 16.7 Å². The molecule has 3 aromatic rings. The molecule has 0 radical (unpaired) electrons. The van der Waals surface area contributed by atoms with E-state index in [4.69, 9.17) is 14.3 Å². The van der Waals surface area contributed by atoms with E-state index in [1.54, 1.807) is 6.26 Å². The molecular weight excluding hydrogens is 362 g/mol. The van der Waals surface area contributed by atoms with Crippen LogP contribution in [0.15, 0.2) is 103 Å². The lowest BCUT2D eigenvalue weighted by Crippen LogP contribution is -2.37. The lowest BCUT2D eigenvalue weighted by molar-refractivity contribution is -0.0522. The fourth-order valence-electron chi connectivity index (χ4n) is 4.19. The van der Waals surface area contributed by atoms with E-state index in [1.807, 2.05) is 18.2 Å². The average molecular weight is 385 g/mol. The van der Waals surface area contributed by atoms with E-state index in [1.165, 1.54) is 0 Å². The van der Waals surface area contributed by atoms with E-state index in [9.17, 15) is 0 Å². The molecule has 0 amide bonds.